The lowest BCUT2D eigenvalue weighted by Crippen LogP contribution is -2.36. The van der Waals surface area contributed by atoms with Gasteiger partial charge in [-0.2, -0.15) is 0 Å². The summed E-state index contributed by atoms with van der Waals surface area (Å²) in [7, 11) is 0. The fraction of sp³-hybridized carbons (Fsp3) is 0.300. The Balaban J connectivity index is 2.91. The van der Waals surface area contributed by atoms with Crippen LogP contribution in [-0.2, 0) is 0 Å². The lowest BCUT2D eigenvalue weighted by molar-refractivity contribution is 0.0913. The molecule has 0 fully saturated rings. The zero-order valence-electron chi connectivity index (χ0n) is 8.13. The van der Waals surface area contributed by atoms with Gasteiger partial charge in [-0.05, 0) is 19.1 Å². The molecule has 1 aromatic rings. The fourth-order valence-corrected chi connectivity index (χ4v) is 1.06. The van der Waals surface area contributed by atoms with Crippen molar-refractivity contribution in [2.24, 2.45) is 0 Å². The zero-order valence-corrected chi connectivity index (χ0v) is 8.13. The van der Waals surface area contributed by atoms with Crippen LogP contribution in [0.5, 0.6) is 0 Å². The number of benzene rings is 1. The molecule has 1 aromatic carbocycles. The van der Waals surface area contributed by atoms with Gasteiger partial charge in [0.25, 0.3) is 5.91 Å². The molecule has 0 aliphatic carbocycles. The van der Waals surface area contributed by atoms with E-state index in [1.54, 1.807) is 0 Å². The van der Waals surface area contributed by atoms with Crippen molar-refractivity contribution < 1.29 is 18.7 Å². The monoisotopic (exact) mass is 215 g/mol. The maximum absolute atomic E-state index is 13.1. The third-order valence-corrected chi connectivity index (χ3v) is 1.84. The second-order valence-corrected chi connectivity index (χ2v) is 3.15. The van der Waals surface area contributed by atoms with E-state index >= 15 is 0 Å². The Kier molecular flexibility index (Phi) is 3.74. The molecule has 0 heterocycles. The maximum Gasteiger partial charge on any atom is 0.257 e. The normalized spacial score (nSPS) is 12.3. The van der Waals surface area contributed by atoms with Gasteiger partial charge in [-0.3, -0.25) is 4.79 Å². The number of hydrogen-bond acceptors (Lipinski definition) is 2. The number of hydrogen-bond donors (Lipinski definition) is 2. The predicted octanol–water partition coefficient (Wildman–Crippen LogP) is 1.08. The number of carbonyl (C=O) groups is 1. The molecule has 0 unspecified atom stereocenters. The minimum atomic E-state index is -0.919. The molecule has 0 saturated carbocycles. The van der Waals surface area contributed by atoms with Gasteiger partial charge < -0.3 is 10.4 Å². The molecule has 0 spiro atoms. The molecule has 1 rings (SSSR count). The van der Waals surface area contributed by atoms with Crippen molar-refractivity contribution >= 4 is 5.91 Å². The molecule has 2 N–H and O–H groups in total. The van der Waals surface area contributed by atoms with E-state index in [-0.39, 0.29) is 6.61 Å². The van der Waals surface area contributed by atoms with E-state index in [2.05, 4.69) is 5.32 Å². The highest BCUT2D eigenvalue weighted by molar-refractivity contribution is 5.94. The first-order valence-corrected chi connectivity index (χ1v) is 4.42. The molecule has 0 radical (unpaired) electrons. The van der Waals surface area contributed by atoms with E-state index in [9.17, 15) is 13.6 Å². The Morgan fingerprint density at radius 2 is 2.00 bits per heavy atom. The number of amides is 1. The van der Waals surface area contributed by atoms with Crippen LogP contribution in [-0.4, -0.2) is 23.7 Å². The third-order valence-electron chi connectivity index (χ3n) is 1.84. The van der Waals surface area contributed by atoms with Crippen molar-refractivity contribution in [3.63, 3.8) is 0 Å². The number of carbonyl (C=O) groups excluding carboxylic acids is 1. The molecule has 5 heteroatoms. The maximum atomic E-state index is 13.1. The van der Waals surface area contributed by atoms with Crippen molar-refractivity contribution in [1.82, 2.24) is 5.32 Å². The minimum Gasteiger partial charge on any atom is -0.394 e. The highest BCUT2D eigenvalue weighted by Gasteiger charge is 2.17. The van der Waals surface area contributed by atoms with Crippen LogP contribution in [0.25, 0.3) is 0 Å². The topological polar surface area (TPSA) is 49.3 Å². The summed E-state index contributed by atoms with van der Waals surface area (Å²) < 4.78 is 26.2. The van der Waals surface area contributed by atoms with Crippen LogP contribution in [0, 0.1) is 11.6 Å². The van der Waals surface area contributed by atoms with Crippen LogP contribution in [0.4, 0.5) is 8.78 Å². The Labute approximate surface area is 85.7 Å². The highest BCUT2D eigenvalue weighted by atomic mass is 19.1. The van der Waals surface area contributed by atoms with E-state index in [1.165, 1.54) is 13.0 Å². The van der Waals surface area contributed by atoms with Gasteiger partial charge in [0.2, 0.25) is 0 Å². The van der Waals surface area contributed by atoms with Gasteiger partial charge in [-0.25, -0.2) is 8.78 Å². The molecule has 0 bridgehead atoms. The Bertz CT molecular complexity index is 348. The zero-order chi connectivity index (χ0) is 11.4. The highest BCUT2D eigenvalue weighted by Crippen LogP contribution is 2.11. The molecule has 1 amide bonds. The van der Waals surface area contributed by atoms with Crippen molar-refractivity contribution in [1.29, 1.82) is 0 Å². The largest absolute Gasteiger partial charge is 0.394 e. The van der Waals surface area contributed by atoms with Crippen molar-refractivity contribution in [3.8, 4) is 0 Å². The van der Waals surface area contributed by atoms with Gasteiger partial charge in [-0.15, -0.1) is 0 Å². The first-order valence-electron chi connectivity index (χ1n) is 4.42. The van der Waals surface area contributed by atoms with Crippen LogP contribution in [0.3, 0.4) is 0 Å². The van der Waals surface area contributed by atoms with Gasteiger partial charge in [0.15, 0.2) is 0 Å². The number of nitrogens with one attached hydrogen (secondary N) is 1. The Morgan fingerprint density at radius 3 is 2.47 bits per heavy atom. The van der Waals surface area contributed by atoms with Gasteiger partial charge in [0.05, 0.1) is 6.61 Å². The van der Waals surface area contributed by atoms with E-state index in [0.29, 0.717) is 0 Å². The second-order valence-electron chi connectivity index (χ2n) is 3.15. The summed E-state index contributed by atoms with van der Waals surface area (Å²) in [5.74, 6) is -2.71. The first kappa shape index (κ1) is 11.6. The molecular formula is C10H11F2NO2. The van der Waals surface area contributed by atoms with E-state index in [0.717, 1.165) is 12.1 Å². The van der Waals surface area contributed by atoms with Gasteiger partial charge in [-0.1, -0.05) is 6.07 Å². The number of aliphatic hydroxyl groups is 1. The van der Waals surface area contributed by atoms with Crippen molar-refractivity contribution in [2.75, 3.05) is 6.61 Å². The smallest absolute Gasteiger partial charge is 0.257 e. The van der Waals surface area contributed by atoms with Gasteiger partial charge in [0, 0.05) is 6.04 Å². The van der Waals surface area contributed by atoms with Crippen LogP contribution in [0.1, 0.15) is 17.3 Å². The standard InChI is InChI=1S/C10H11F2NO2/c1-6(5-14)13-10(15)9-7(11)3-2-4-8(9)12/h2-4,6,14H,5H2,1H3,(H,13,15)/t6-/m1/s1. The molecule has 1 atom stereocenters. The quantitative estimate of drug-likeness (QED) is 0.792. The summed E-state index contributed by atoms with van der Waals surface area (Å²) in [6, 6.07) is 2.64. The summed E-state index contributed by atoms with van der Waals surface area (Å²) in [6.07, 6.45) is 0. The van der Waals surface area contributed by atoms with E-state index in [4.69, 9.17) is 5.11 Å². The Morgan fingerprint density at radius 1 is 1.47 bits per heavy atom. The Hall–Kier alpha value is -1.49. The fourth-order valence-electron chi connectivity index (χ4n) is 1.06. The van der Waals surface area contributed by atoms with Gasteiger partial charge in [0.1, 0.15) is 17.2 Å². The molecule has 0 saturated heterocycles. The minimum absolute atomic E-state index is 0.290. The SMILES string of the molecule is C[C@H](CO)NC(=O)c1c(F)cccc1F. The number of halogens is 2. The summed E-state index contributed by atoms with van der Waals surface area (Å²) >= 11 is 0. The lowest BCUT2D eigenvalue weighted by Gasteiger charge is -2.11. The number of aliphatic hydroxyl groups excluding tert-OH is 1. The summed E-state index contributed by atoms with van der Waals surface area (Å²) in [4.78, 5) is 11.4. The van der Waals surface area contributed by atoms with Crippen molar-refractivity contribution in [3.05, 3.63) is 35.4 Å². The summed E-state index contributed by atoms with van der Waals surface area (Å²) in [5.41, 5.74) is -0.627. The predicted molar refractivity (Wildman–Crippen MR) is 50.4 cm³/mol. The van der Waals surface area contributed by atoms with Crippen molar-refractivity contribution in [2.45, 2.75) is 13.0 Å². The van der Waals surface area contributed by atoms with E-state index < -0.39 is 29.1 Å². The average Bonchev–Trinajstić information content (AvgIpc) is 2.17. The van der Waals surface area contributed by atoms with Crippen LogP contribution in [0.2, 0.25) is 0 Å². The second kappa shape index (κ2) is 4.84. The van der Waals surface area contributed by atoms with Crippen LogP contribution in [0.15, 0.2) is 18.2 Å². The summed E-state index contributed by atoms with van der Waals surface area (Å²) in [5, 5.41) is 10.9. The molecule has 0 aromatic heterocycles. The molecule has 82 valence electrons. The average molecular weight is 215 g/mol. The summed E-state index contributed by atoms with van der Waals surface area (Å²) in [6.45, 7) is 1.23. The molecular weight excluding hydrogens is 204 g/mol. The third kappa shape index (κ3) is 2.73. The van der Waals surface area contributed by atoms with Crippen LogP contribution >= 0.6 is 0 Å². The molecule has 3 nitrogen and oxygen atoms in total. The molecule has 15 heavy (non-hydrogen) atoms. The lowest BCUT2D eigenvalue weighted by atomic mass is 10.1. The molecule has 0 aliphatic heterocycles. The first-order chi connectivity index (χ1) is 7.06. The number of rotatable bonds is 3. The van der Waals surface area contributed by atoms with E-state index in [1.807, 2.05) is 0 Å². The van der Waals surface area contributed by atoms with Gasteiger partial charge >= 0.3 is 0 Å². The van der Waals surface area contributed by atoms with Crippen LogP contribution < -0.4 is 5.32 Å². The molecule has 0 aliphatic rings.